The Morgan fingerprint density at radius 1 is 1.15 bits per heavy atom. The van der Waals surface area contributed by atoms with E-state index in [-0.39, 0.29) is 12.1 Å². The van der Waals surface area contributed by atoms with Crippen molar-refractivity contribution < 1.29 is 4.39 Å². The lowest BCUT2D eigenvalue weighted by atomic mass is 9.75. The lowest BCUT2D eigenvalue weighted by Crippen LogP contribution is -2.53. The van der Waals surface area contributed by atoms with Crippen molar-refractivity contribution in [1.82, 2.24) is 9.97 Å². The summed E-state index contributed by atoms with van der Waals surface area (Å²) in [5, 5.41) is 3.12. The first-order chi connectivity index (χ1) is 12.7. The average molecular weight is 366 g/mol. The zero-order valence-corrected chi connectivity index (χ0v) is 15.4. The summed E-state index contributed by atoms with van der Waals surface area (Å²) in [6.45, 7) is 3.94. The van der Waals surface area contributed by atoms with Crippen molar-refractivity contribution in [2.24, 2.45) is 5.92 Å². The molecule has 2 aromatic heterocycles. The first-order valence-electron chi connectivity index (χ1n) is 8.87. The molecule has 3 unspecified atom stereocenters. The van der Waals surface area contributed by atoms with E-state index in [9.17, 15) is 0 Å². The normalized spacial score (nSPS) is 26.4. The first kappa shape index (κ1) is 15.8. The molecule has 0 amide bonds. The van der Waals surface area contributed by atoms with Gasteiger partial charge in [0.05, 0.1) is 11.2 Å². The third-order valence-corrected chi connectivity index (χ3v) is 6.60. The molecule has 4 nitrogen and oxygen atoms in total. The van der Waals surface area contributed by atoms with Gasteiger partial charge in [-0.25, -0.2) is 14.4 Å². The van der Waals surface area contributed by atoms with Crippen molar-refractivity contribution in [2.45, 2.75) is 32.1 Å². The van der Waals surface area contributed by atoms with E-state index in [1.54, 1.807) is 17.7 Å². The molecule has 4 heterocycles. The van der Waals surface area contributed by atoms with Gasteiger partial charge < -0.3 is 4.90 Å². The molecule has 0 saturated heterocycles. The largest absolute Gasteiger partial charge is 0.315 e. The molecule has 0 N–H and O–H groups in total. The number of para-hydroxylation sites is 1. The van der Waals surface area contributed by atoms with Crippen molar-refractivity contribution in [3.63, 3.8) is 0 Å². The number of hydrogen-bond acceptors (Lipinski definition) is 5. The third kappa shape index (κ3) is 1.88. The Hall–Kier alpha value is -2.47. The molecule has 2 aliphatic rings. The lowest BCUT2D eigenvalue weighted by molar-refractivity contribution is 0.0621. The van der Waals surface area contributed by atoms with Gasteiger partial charge in [-0.1, -0.05) is 32.0 Å². The number of thiophene rings is 1. The summed E-state index contributed by atoms with van der Waals surface area (Å²) < 4.78 is 16.3. The van der Waals surface area contributed by atoms with Crippen LogP contribution in [0.3, 0.4) is 0 Å². The monoisotopic (exact) mass is 366 g/mol. The minimum absolute atomic E-state index is 0.166. The standard InChI is InChI=1S/C20H19FN4S/c1-3-20(21)13(2)19-24(15-8-5-4-7-14(15)20)16-11-22-12-23-18(16)25(19)17-9-6-10-26-17/h4-13,19H,3H2,1-2H3. The van der Waals surface area contributed by atoms with Crippen LogP contribution in [-0.2, 0) is 5.67 Å². The highest BCUT2D eigenvalue weighted by atomic mass is 32.1. The zero-order valence-electron chi connectivity index (χ0n) is 14.6. The second-order valence-corrected chi connectivity index (χ2v) is 7.78. The Balaban J connectivity index is 1.81. The van der Waals surface area contributed by atoms with Crippen LogP contribution in [-0.4, -0.2) is 16.1 Å². The summed E-state index contributed by atoms with van der Waals surface area (Å²) in [7, 11) is 0. The Morgan fingerprint density at radius 2 is 2.00 bits per heavy atom. The van der Waals surface area contributed by atoms with Gasteiger partial charge in [0.1, 0.15) is 23.8 Å². The number of halogens is 1. The van der Waals surface area contributed by atoms with Crippen LogP contribution in [0, 0.1) is 5.92 Å². The lowest BCUT2D eigenvalue weighted by Gasteiger charge is -2.48. The predicted octanol–water partition coefficient (Wildman–Crippen LogP) is 5.38. The average Bonchev–Trinajstić information content (AvgIpc) is 3.31. The van der Waals surface area contributed by atoms with Crippen LogP contribution in [0.1, 0.15) is 25.8 Å². The second-order valence-electron chi connectivity index (χ2n) is 6.86. The van der Waals surface area contributed by atoms with E-state index in [1.807, 2.05) is 55.8 Å². The van der Waals surface area contributed by atoms with Crippen molar-refractivity contribution >= 4 is 33.5 Å². The van der Waals surface area contributed by atoms with Crippen LogP contribution in [0.4, 0.5) is 26.6 Å². The van der Waals surface area contributed by atoms with Gasteiger partial charge in [0.25, 0.3) is 0 Å². The van der Waals surface area contributed by atoms with E-state index in [4.69, 9.17) is 0 Å². The number of alkyl halides is 1. The highest BCUT2D eigenvalue weighted by Crippen LogP contribution is 2.58. The summed E-state index contributed by atoms with van der Waals surface area (Å²) in [4.78, 5) is 13.2. The number of benzene rings is 1. The quantitative estimate of drug-likeness (QED) is 0.610. The minimum atomic E-state index is -1.39. The van der Waals surface area contributed by atoms with Crippen molar-refractivity contribution in [3.8, 4) is 0 Å². The summed E-state index contributed by atoms with van der Waals surface area (Å²) in [6, 6.07) is 11.9. The molecule has 3 atom stereocenters. The number of hydrogen-bond donors (Lipinski definition) is 0. The van der Waals surface area contributed by atoms with Crippen LogP contribution >= 0.6 is 11.3 Å². The van der Waals surface area contributed by atoms with E-state index in [0.29, 0.717) is 6.42 Å². The molecule has 0 bridgehead atoms. The van der Waals surface area contributed by atoms with Gasteiger partial charge in [0, 0.05) is 17.2 Å². The number of aromatic nitrogens is 2. The second kappa shape index (κ2) is 5.51. The molecule has 0 fully saturated rings. The first-order valence-corrected chi connectivity index (χ1v) is 9.75. The maximum absolute atomic E-state index is 16.3. The molecule has 1 aromatic carbocycles. The molecule has 26 heavy (non-hydrogen) atoms. The van der Waals surface area contributed by atoms with Gasteiger partial charge in [0.2, 0.25) is 0 Å². The van der Waals surface area contributed by atoms with Crippen LogP contribution < -0.4 is 9.80 Å². The van der Waals surface area contributed by atoms with E-state index in [0.717, 1.165) is 27.8 Å². The van der Waals surface area contributed by atoms with Gasteiger partial charge in [-0.15, -0.1) is 11.3 Å². The fourth-order valence-corrected chi connectivity index (χ4v) is 5.21. The van der Waals surface area contributed by atoms with Crippen molar-refractivity contribution in [1.29, 1.82) is 0 Å². The van der Waals surface area contributed by atoms with E-state index in [1.165, 1.54) is 0 Å². The molecular formula is C20H19FN4S. The highest BCUT2D eigenvalue weighted by molar-refractivity contribution is 7.14. The summed E-state index contributed by atoms with van der Waals surface area (Å²) in [6.07, 6.45) is 3.68. The molecule has 5 rings (SSSR count). The van der Waals surface area contributed by atoms with Gasteiger partial charge >= 0.3 is 0 Å². The van der Waals surface area contributed by atoms with Crippen LogP contribution in [0.2, 0.25) is 0 Å². The fraction of sp³-hybridized carbons (Fsp3) is 0.300. The van der Waals surface area contributed by atoms with Gasteiger partial charge in [-0.3, -0.25) is 4.90 Å². The smallest absolute Gasteiger partial charge is 0.162 e. The minimum Gasteiger partial charge on any atom is -0.315 e. The third-order valence-electron chi connectivity index (χ3n) is 5.73. The number of rotatable bonds is 2. The highest BCUT2D eigenvalue weighted by Gasteiger charge is 2.55. The Bertz CT molecular complexity index is 960. The van der Waals surface area contributed by atoms with Crippen LogP contribution in [0.5, 0.6) is 0 Å². The summed E-state index contributed by atoms with van der Waals surface area (Å²) in [5.74, 6) is 0.605. The maximum atomic E-state index is 16.3. The Labute approximate surface area is 155 Å². The summed E-state index contributed by atoms with van der Waals surface area (Å²) in [5.41, 5.74) is 1.22. The van der Waals surface area contributed by atoms with Crippen molar-refractivity contribution in [3.05, 3.63) is 59.9 Å². The fourth-order valence-electron chi connectivity index (χ4n) is 4.44. The molecule has 2 aliphatic heterocycles. The summed E-state index contributed by atoms with van der Waals surface area (Å²) >= 11 is 1.65. The van der Waals surface area contributed by atoms with Crippen LogP contribution in [0.15, 0.2) is 54.3 Å². The molecule has 132 valence electrons. The maximum Gasteiger partial charge on any atom is 0.162 e. The van der Waals surface area contributed by atoms with E-state index >= 15 is 4.39 Å². The molecule has 3 aromatic rings. The van der Waals surface area contributed by atoms with Gasteiger partial charge in [-0.05, 0) is 30.0 Å². The molecule has 0 aliphatic carbocycles. The topological polar surface area (TPSA) is 32.3 Å². The van der Waals surface area contributed by atoms with Gasteiger partial charge in [-0.2, -0.15) is 0 Å². The number of nitrogens with zero attached hydrogens (tertiary/aromatic N) is 4. The van der Waals surface area contributed by atoms with Crippen LogP contribution in [0.25, 0.3) is 0 Å². The number of fused-ring (bicyclic) bond motifs is 5. The van der Waals surface area contributed by atoms with E-state index in [2.05, 4.69) is 25.8 Å². The van der Waals surface area contributed by atoms with Crippen molar-refractivity contribution in [2.75, 3.05) is 9.80 Å². The number of anilines is 4. The van der Waals surface area contributed by atoms with Gasteiger partial charge in [0.15, 0.2) is 5.82 Å². The van der Waals surface area contributed by atoms with E-state index < -0.39 is 5.67 Å². The molecule has 0 spiro atoms. The predicted molar refractivity (Wildman–Crippen MR) is 103 cm³/mol. The Morgan fingerprint density at radius 3 is 2.77 bits per heavy atom. The Kier molecular flexibility index (Phi) is 3.34. The molecular weight excluding hydrogens is 347 g/mol. The molecule has 6 heteroatoms. The molecule has 0 saturated carbocycles. The molecule has 0 radical (unpaired) electrons. The SMILES string of the molecule is CCC1(F)c2ccccc2N2c3cncnc3N(c3cccs3)C2C1C. The zero-order chi connectivity index (χ0) is 17.9.